The molecule has 2 heterocycles. The van der Waals surface area contributed by atoms with Crippen molar-refractivity contribution in [2.75, 3.05) is 7.11 Å². The minimum Gasteiger partial charge on any atom is -0.478 e. The fourth-order valence-corrected chi connectivity index (χ4v) is 5.42. The number of carbonyl (C=O) groups is 2. The molecule has 0 amide bonds. The number of carboxylic acid groups (broad SMARTS) is 1. The van der Waals surface area contributed by atoms with Crippen molar-refractivity contribution in [3.8, 4) is 11.3 Å². The van der Waals surface area contributed by atoms with E-state index in [0.717, 1.165) is 24.1 Å². The summed E-state index contributed by atoms with van der Waals surface area (Å²) in [6, 6.07) is 7.70. The van der Waals surface area contributed by atoms with E-state index >= 15 is 4.39 Å². The number of hydrogen-bond acceptors (Lipinski definition) is 5. The number of aromatic nitrogens is 2. The van der Waals surface area contributed by atoms with Crippen LogP contribution in [0.1, 0.15) is 46.5 Å². The largest absolute Gasteiger partial charge is 0.478 e. The summed E-state index contributed by atoms with van der Waals surface area (Å²) >= 11 is 12.3. The summed E-state index contributed by atoms with van der Waals surface area (Å²) in [5, 5.41) is 14.0. The summed E-state index contributed by atoms with van der Waals surface area (Å²) in [7, 11) is 1.53. The number of ether oxygens (including phenoxy) is 1. The summed E-state index contributed by atoms with van der Waals surface area (Å²) in [6.45, 7) is 1.82. The second-order valence-electron chi connectivity index (χ2n) is 8.93. The first-order valence-electron chi connectivity index (χ1n) is 11.4. The Kier molecular flexibility index (Phi) is 6.43. The van der Waals surface area contributed by atoms with Gasteiger partial charge in [0.25, 0.3) is 5.91 Å². The maximum atomic E-state index is 15.1. The number of rotatable bonds is 6. The van der Waals surface area contributed by atoms with E-state index in [1.807, 2.05) is 6.92 Å². The molecular formula is C27H21Cl2FN2O5. The number of carbonyl (C=O) groups excluding carboxylic acids is 1. The Bertz CT molecular complexity index is 1570. The normalized spacial score (nSPS) is 14.8. The molecular weight excluding hydrogens is 522 g/mol. The Hall–Kier alpha value is -3.46. The fourth-order valence-electron chi connectivity index (χ4n) is 4.86. The van der Waals surface area contributed by atoms with Crippen molar-refractivity contribution in [2.24, 2.45) is 0 Å². The molecule has 0 spiro atoms. The maximum absolute atomic E-state index is 15.1. The zero-order chi connectivity index (χ0) is 26.5. The first-order valence-corrected chi connectivity index (χ1v) is 12.2. The number of methoxy groups -OCH3 is 1. The van der Waals surface area contributed by atoms with E-state index in [2.05, 4.69) is 5.16 Å². The van der Waals surface area contributed by atoms with Gasteiger partial charge in [-0.05, 0) is 61.6 Å². The number of nitrogens with zero attached hydrogens (tertiary/aromatic N) is 2. The van der Waals surface area contributed by atoms with E-state index in [9.17, 15) is 9.59 Å². The number of halogens is 3. The van der Waals surface area contributed by atoms with Crippen LogP contribution in [0.15, 0.2) is 47.1 Å². The Morgan fingerprint density at radius 3 is 2.65 bits per heavy atom. The standard InChI is InChI=1S/C27H21Cl2FN2O5/c1-14-13-32(19-6-3-5-15(21(14)19)7-8-20(33)34)26(35)23-24(22-17(29)11-16(28)12-18(22)30)31-37-25(23)27(36-2)9-4-10-27/h3,5-8,11-13H,4,9-10H2,1-2H3,(H,33,34)/b8-7+. The van der Waals surface area contributed by atoms with Gasteiger partial charge in [-0.2, -0.15) is 0 Å². The van der Waals surface area contributed by atoms with Crippen LogP contribution in [0.3, 0.4) is 0 Å². The molecule has 1 aliphatic carbocycles. The summed E-state index contributed by atoms with van der Waals surface area (Å²) in [5.74, 6) is -2.15. The van der Waals surface area contributed by atoms with Gasteiger partial charge in [0, 0.05) is 29.8 Å². The van der Waals surface area contributed by atoms with E-state index in [-0.39, 0.29) is 32.6 Å². The van der Waals surface area contributed by atoms with Gasteiger partial charge in [-0.15, -0.1) is 0 Å². The lowest BCUT2D eigenvalue weighted by Gasteiger charge is -2.38. The van der Waals surface area contributed by atoms with Crippen molar-refractivity contribution in [3.63, 3.8) is 0 Å². The molecule has 0 saturated heterocycles. The molecule has 1 saturated carbocycles. The van der Waals surface area contributed by atoms with Crippen LogP contribution in [-0.2, 0) is 15.1 Å². The third-order valence-corrected chi connectivity index (χ3v) is 7.31. The van der Waals surface area contributed by atoms with Gasteiger partial charge in [0.2, 0.25) is 0 Å². The molecule has 0 radical (unpaired) electrons. The summed E-state index contributed by atoms with van der Waals surface area (Å²) < 4.78 is 28.0. The topological polar surface area (TPSA) is 94.6 Å². The predicted molar refractivity (Wildman–Crippen MR) is 138 cm³/mol. The SMILES string of the molecule is COC1(c2onc(-c3c(F)cc(Cl)cc3Cl)c2C(=O)n2cc(C)c3c(/C=C/C(=O)O)cccc32)CCC1. The Morgan fingerprint density at radius 1 is 1.27 bits per heavy atom. The molecule has 190 valence electrons. The highest BCUT2D eigenvalue weighted by molar-refractivity contribution is 6.36. The molecule has 10 heteroatoms. The smallest absolute Gasteiger partial charge is 0.328 e. The number of hydrogen-bond donors (Lipinski definition) is 1. The number of fused-ring (bicyclic) bond motifs is 1. The first kappa shape index (κ1) is 25.2. The molecule has 7 nitrogen and oxygen atoms in total. The van der Waals surface area contributed by atoms with Crippen LogP contribution in [0.4, 0.5) is 4.39 Å². The van der Waals surface area contributed by atoms with E-state index in [4.69, 9.17) is 37.6 Å². The van der Waals surface area contributed by atoms with E-state index in [0.29, 0.717) is 29.3 Å². The minimum absolute atomic E-state index is 0.0198. The number of aliphatic carboxylic acids is 1. The van der Waals surface area contributed by atoms with E-state index in [1.54, 1.807) is 24.4 Å². The molecule has 37 heavy (non-hydrogen) atoms. The van der Waals surface area contributed by atoms with Gasteiger partial charge < -0.3 is 14.4 Å². The fraction of sp³-hybridized carbons (Fsp3) is 0.222. The van der Waals surface area contributed by atoms with Crippen molar-refractivity contribution in [2.45, 2.75) is 31.8 Å². The molecule has 4 aromatic rings. The highest BCUT2D eigenvalue weighted by atomic mass is 35.5. The second-order valence-corrected chi connectivity index (χ2v) is 9.78. The van der Waals surface area contributed by atoms with Gasteiger partial charge in [0.15, 0.2) is 5.76 Å². The molecule has 1 aliphatic rings. The summed E-state index contributed by atoms with van der Waals surface area (Å²) in [4.78, 5) is 25.3. The zero-order valence-corrected chi connectivity index (χ0v) is 21.4. The molecule has 2 aromatic carbocycles. The molecule has 0 atom stereocenters. The molecule has 2 aromatic heterocycles. The quantitative estimate of drug-likeness (QED) is 0.267. The molecule has 1 fully saturated rings. The highest BCUT2D eigenvalue weighted by Crippen LogP contribution is 2.48. The van der Waals surface area contributed by atoms with Crippen LogP contribution in [0.5, 0.6) is 0 Å². The van der Waals surface area contributed by atoms with Crippen molar-refractivity contribution in [3.05, 3.63) is 80.9 Å². The lowest BCUT2D eigenvalue weighted by molar-refractivity contribution is -0.131. The van der Waals surface area contributed by atoms with Gasteiger partial charge in [0.1, 0.15) is 22.7 Å². The van der Waals surface area contributed by atoms with Crippen molar-refractivity contribution in [1.29, 1.82) is 0 Å². The zero-order valence-electron chi connectivity index (χ0n) is 19.8. The van der Waals surface area contributed by atoms with Gasteiger partial charge in [0.05, 0.1) is 16.1 Å². The molecule has 0 bridgehead atoms. The third-order valence-electron chi connectivity index (χ3n) is 6.79. The van der Waals surface area contributed by atoms with Gasteiger partial charge >= 0.3 is 5.97 Å². The number of carboxylic acids is 1. The van der Waals surface area contributed by atoms with Gasteiger partial charge in [-0.3, -0.25) is 9.36 Å². The van der Waals surface area contributed by atoms with Crippen LogP contribution in [0.2, 0.25) is 10.0 Å². The molecule has 5 rings (SSSR count). The molecule has 1 N–H and O–H groups in total. The Balaban J connectivity index is 1.75. The van der Waals surface area contributed by atoms with Crippen molar-refractivity contribution in [1.82, 2.24) is 9.72 Å². The molecule has 0 aliphatic heterocycles. The average molecular weight is 543 g/mol. The van der Waals surface area contributed by atoms with Crippen molar-refractivity contribution < 1.29 is 28.3 Å². The summed E-state index contributed by atoms with van der Waals surface area (Å²) in [6.07, 6.45) is 6.22. The summed E-state index contributed by atoms with van der Waals surface area (Å²) in [5.41, 5.74) is 0.920. The van der Waals surface area contributed by atoms with Crippen LogP contribution < -0.4 is 0 Å². The first-order chi connectivity index (χ1) is 17.7. The number of aryl methyl sites for hydroxylation is 1. The van der Waals surface area contributed by atoms with Crippen LogP contribution in [0.25, 0.3) is 28.2 Å². The number of benzene rings is 2. The third kappa shape index (κ3) is 4.15. The van der Waals surface area contributed by atoms with Gasteiger partial charge in [-0.1, -0.05) is 40.5 Å². The highest BCUT2D eigenvalue weighted by Gasteiger charge is 2.47. The van der Waals surface area contributed by atoms with Crippen LogP contribution in [0, 0.1) is 12.7 Å². The Morgan fingerprint density at radius 2 is 2.03 bits per heavy atom. The lowest BCUT2D eigenvalue weighted by atomic mass is 9.76. The van der Waals surface area contributed by atoms with Crippen LogP contribution >= 0.6 is 23.2 Å². The monoisotopic (exact) mass is 542 g/mol. The van der Waals surface area contributed by atoms with Crippen molar-refractivity contribution >= 4 is 52.1 Å². The predicted octanol–water partition coefficient (Wildman–Crippen LogP) is 6.86. The van der Waals surface area contributed by atoms with E-state index < -0.39 is 23.3 Å². The maximum Gasteiger partial charge on any atom is 0.328 e. The minimum atomic E-state index is -1.09. The Labute approximate surface area is 221 Å². The molecule has 0 unspecified atom stereocenters. The second kappa shape index (κ2) is 9.45. The van der Waals surface area contributed by atoms with Crippen LogP contribution in [-0.4, -0.2) is 33.8 Å². The lowest BCUT2D eigenvalue weighted by Crippen LogP contribution is -2.37. The average Bonchev–Trinajstić information content (AvgIpc) is 3.39. The van der Waals surface area contributed by atoms with E-state index in [1.165, 1.54) is 23.8 Å². The van der Waals surface area contributed by atoms with Gasteiger partial charge in [-0.25, -0.2) is 9.18 Å².